The minimum absolute atomic E-state index is 0.173. The highest BCUT2D eigenvalue weighted by Gasteiger charge is 2.51. The number of carbonyl (C=O) groups excluding carboxylic acids is 1. The van der Waals surface area contributed by atoms with Gasteiger partial charge in [-0.3, -0.25) is 18.9 Å². The summed E-state index contributed by atoms with van der Waals surface area (Å²) >= 11 is 0. The summed E-state index contributed by atoms with van der Waals surface area (Å²) in [5.41, 5.74) is 4.08. The van der Waals surface area contributed by atoms with Gasteiger partial charge >= 0.3 is 0 Å². The monoisotopic (exact) mass is 466 g/mol. The van der Waals surface area contributed by atoms with E-state index < -0.39 is 16.2 Å². The van der Waals surface area contributed by atoms with Crippen LogP contribution in [-0.2, 0) is 16.6 Å². The molecule has 3 aromatic rings. The first-order valence-electron chi connectivity index (χ1n) is 10.8. The average molecular weight is 467 g/mol. The molecule has 1 aliphatic heterocycles. The Hall–Kier alpha value is -2.91. The van der Waals surface area contributed by atoms with E-state index in [0.717, 1.165) is 46.5 Å². The molecule has 0 atom stereocenters. The molecule has 33 heavy (non-hydrogen) atoms. The van der Waals surface area contributed by atoms with Crippen molar-refractivity contribution < 1.29 is 23.4 Å². The number of rotatable bonds is 7. The van der Waals surface area contributed by atoms with Gasteiger partial charge in [0.1, 0.15) is 5.78 Å². The van der Waals surface area contributed by atoms with Crippen LogP contribution in [-0.4, -0.2) is 33.7 Å². The molecular formula is C25H26N2O5S. The van der Waals surface area contributed by atoms with E-state index in [1.807, 2.05) is 43.3 Å². The normalized spacial score (nSPS) is 16.5. The predicted octanol–water partition coefficient (Wildman–Crippen LogP) is 4.87. The smallest absolute Gasteiger partial charge is 0.231 e. The summed E-state index contributed by atoms with van der Waals surface area (Å²) in [6.07, 6.45) is 3.71. The molecule has 0 unspecified atom stereocenters. The van der Waals surface area contributed by atoms with E-state index >= 15 is 0 Å². The summed E-state index contributed by atoms with van der Waals surface area (Å²) in [6, 6.07) is 14.8. The number of carbonyl (C=O) groups is 1. The van der Waals surface area contributed by atoms with E-state index in [9.17, 15) is 13.9 Å². The van der Waals surface area contributed by atoms with Crippen molar-refractivity contribution in [3.63, 3.8) is 0 Å². The van der Waals surface area contributed by atoms with Crippen LogP contribution in [0.2, 0.25) is 0 Å². The maximum Gasteiger partial charge on any atom is 0.231 e. The molecule has 2 aromatic carbocycles. The molecule has 0 amide bonds. The minimum atomic E-state index is -2.98. The zero-order chi connectivity index (χ0) is 23.2. The van der Waals surface area contributed by atoms with E-state index in [0.29, 0.717) is 10.6 Å². The van der Waals surface area contributed by atoms with E-state index in [4.69, 9.17) is 9.47 Å². The molecule has 0 saturated heterocycles. The van der Waals surface area contributed by atoms with E-state index in [1.165, 1.54) is 7.05 Å². The summed E-state index contributed by atoms with van der Waals surface area (Å²) in [6.45, 7) is 2.18. The van der Waals surface area contributed by atoms with Crippen LogP contribution in [0, 0.1) is 6.92 Å². The molecule has 3 N–H and O–H groups in total. The number of Topliss-reactive ketones (excluding diaryl/α,β-unsaturated/α-hetero) is 1. The molecule has 2 heterocycles. The van der Waals surface area contributed by atoms with Crippen LogP contribution in [0.1, 0.15) is 29.7 Å². The van der Waals surface area contributed by atoms with Crippen LogP contribution in [0.25, 0.3) is 11.1 Å². The first kappa shape index (κ1) is 21.9. The highest BCUT2D eigenvalue weighted by Crippen LogP contribution is 2.51. The standard InChI is InChI=1S/C25H26N2O5S/c1-16-11-18(17-3-6-20(7-4-17)33(29,30)26-2)14-27-21(16)13-24(28)25(9-10-25)19-5-8-22-23(12-19)32-15-31-22/h3-8,11-12,14,26,29-30H,9-10,13,15H2,1-2H3. The molecule has 172 valence electrons. The lowest BCUT2D eigenvalue weighted by Gasteiger charge is -2.31. The third kappa shape index (κ3) is 4.00. The summed E-state index contributed by atoms with van der Waals surface area (Å²) < 4.78 is 33.4. The maximum atomic E-state index is 13.3. The van der Waals surface area contributed by atoms with Crippen LogP contribution in [0.15, 0.2) is 59.6 Å². The van der Waals surface area contributed by atoms with Gasteiger partial charge in [0.05, 0.1) is 16.0 Å². The number of nitrogens with one attached hydrogen (secondary N) is 1. The van der Waals surface area contributed by atoms with Gasteiger partial charge in [0, 0.05) is 25.2 Å². The Balaban J connectivity index is 1.33. The topological polar surface area (TPSA) is 101 Å². The number of nitrogens with zero attached hydrogens (tertiary/aromatic N) is 1. The quantitative estimate of drug-likeness (QED) is 0.456. The van der Waals surface area contributed by atoms with Gasteiger partial charge in [-0.25, -0.2) is 4.72 Å². The second kappa shape index (κ2) is 8.14. The van der Waals surface area contributed by atoms with E-state index in [2.05, 4.69) is 9.71 Å². The Labute approximate surface area is 194 Å². The molecule has 0 spiro atoms. The van der Waals surface area contributed by atoms with Crippen molar-refractivity contribution >= 4 is 16.6 Å². The Morgan fingerprint density at radius 1 is 1.06 bits per heavy atom. The lowest BCUT2D eigenvalue weighted by Crippen LogP contribution is -2.23. The molecule has 7 nitrogen and oxygen atoms in total. The van der Waals surface area contributed by atoms with Gasteiger partial charge in [0.25, 0.3) is 0 Å². The molecular weight excluding hydrogens is 440 g/mol. The van der Waals surface area contributed by atoms with Crippen LogP contribution in [0.4, 0.5) is 0 Å². The van der Waals surface area contributed by atoms with Gasteiger partial charge in [0.2, 0.25) is 6.79 Å². The van der Waals surface area contributed by atoms with Crippen molar-refractivity contribution in [2.45, 2.75) is 36.5 Å². The summed E-state index contributed by atoms with van der Waals surface area (Å²) in [5, 5.41) is 0. The second-order valence-corrected chi connectivity index (χ2v) is 10.5. The Morgan fingerprint density at radius 2 is 1.79 bits per heavy atom. The largest absolute Gasteiger partial charge is 0.454 e. The van der Waals surface area contributed by atoms with Crippen LogP contribution in [0.5, 0.6) is 11.5 Å². The second-order valence-electron chi connectivity index (χ2n) is 8.52. The van der Waals surface area contributed by atoms with Crippen molar-refractivity contribution in [3.05, 3.63) is 71.5 Å². The summed E-state index contributed by atoms with van der Waals surface area (Å²) in [7, 11) is -1.47. The third-order valence-electron chi connectivity index (χ3n) is 6.52. The zero-order valence-corrected chi connectivity index (χ0v) is 19.3. The van der Waals surface area contributed by atoms with Crippen LogP contribution < -0.4 is 14.2 Å². The van der Waals surface area contributed by atoms with E-state index in [-0.39, 0.29) is 19.0 Å². The molecule has 0 radical (unpaired) electrons. The fourth-order valence-electron chi connectivity index (χ4n) is 4.27. The number of fused-ring (bicyclic) bond motifs is 1. The molecule has 0 bridgehead atoms. The van der Waals surface area contributed by atoms with Crippen LogP contribution in [0.3, 0.4) is 0 Å². The number of ether oxygens (including phenoxy) is 2. The molecule has 2 aliphatic rings. The lowest BCUT2D eigenvalue weighted by molar-refractivity contribution is -0.120. The molecule has 5 rings (SSSR count). The molecule has 1 aliphatic carbocycles. The number of hydrogen-bond donors (Lipinski definition) is 3. The van der Waals surface area contributed by atoms with E-state index in [1.54, 1.807) is 18.3 Å². The number of benzene rings is 2. The highest BCUT2D eigenvalue weighted by atomic mass is 32.3. The first-order valence-corrected chi connectivity index (χ1v) is 12.3. The Kier molecular flexibility index (Phi) is 5.41. The average Bonchev–Trinajstić information content (AvgIpc) is 3.51. The van der Waals surface area contributed by atoms with Gasteiger partial charge < -0.3 is 9.47 Å². The SMILES string of the molecule is CNS(O)(O)c1ccc(-c2cnc(CC(=O)C3(c4ccc5c(c4)OCO5)CC3)c(C)c2)cc1. The molecule has 1 fully saturated rings. The van der Waals surface area contributed by atoms with Crippen molar-refractivity contribution in [1.82, 2.24) is 9.71 Å². The Morgan fingerprint density at radius 3 is 2.45 bits per heavy atom. The molecule has 1 saturated carbocycles. The third-order valence-corrected chi connectivity index (χ3v) is 8.02. The Bertz CT molecular complexity index is 1220. The van der Waals surface area contributed by atoms with Crippen LogP contribution >= 0.6 is 10.8 Å². The first-order chi connectivity index (χ1) is 15.8. The number of aryl methyl sites for hydroxylation is 1. The van der Waals surface area contributed by atoms with Gasteiger partial charge in [-0.05, 0) is 66.8 Å². The lowest BCUT2D eigenvalue weighted by atomic mass is 9.88. The molecule has 1 aromatic heterocycles. The fourth-order valence-corrected chi connectivity index (χ4v) is 5.02. The van der Waals surface area contributed by atoms with Crippen molar-refractivity contribution in [1.29, 1.82) is 0 Å². The minimum Gasteiger partial charge on any atom is -0.454 e. The zero-order valence-electron chi connectivity index (χ0n) is 18.5. The molecule has 8 heteroatoms. The van der Waals surface area contributed by atoms with Crippen molar-refractivity contribution in [3.8, 4) is 22.6 Å². The maximum absolute atomic E-state index is 13.3. The predicted molar refractivity (Wildman–Crippen MR) is 127 cm³/mol. The van der Waals surface area contributed by atoms with Gasteiger partial charge in [0.15, 0.2) is 11.5 Å². The van der Waals surface area contributed by atoms with Crippen molar-refractivity contribution in [2.24, 2.45) is 0 Å². The number of ketones is 1. The summed E-state index contributed by atoms with van der Waals surface area (Å²) in [5.74, 6) is 1.60. The fraction of sp³-hybridized carbons (Fsp3) is 0.280. The highest BCUT2D eigenvalue weighted by molar-refractivity contribution is 8.22. The van der Waals surface area contributed by atoms with Crippen molar-refractivity contribution in [2.75, 3.05) is 13.8 Å². The number of hydrogen-bond acceptors (Lipinski definition) is 7. The van der Waals surface area contributed by atoms with Gasteiger partial charge in [-0.15, -0.1) is 10.8 Å². The number of aromatic nitrogens is 1. The summed E-state index contributed by atoms with van der Waals surface area (Å²) in [4.78, 5) is 18.3. The van der Waals surface area contributed by atoms with Gasteiger partial charge in [-0.1, -0.05) is 18.2 Å². The number of pyridine rings is 1. The van der Waals surface area contributed by atoms with Gasteiger partial charge in [-0.2, -0.15) is 0 Å².